The quantitative estimate of drug-likeness (QED) is 0.213. The molecule has 0 aliphatic rings. The maximum Gasteiger partial charge on any atom is 0.246 e. The van der Waals surface area contributed by atoms with E-state index in [1.807, 2.05) is 6.07 Å². The molecule has 1 amide bonds. The molecule has 0 bridgehead atoms. The molecule has 0 radical (unpaired) electrons. The fourth-order valence-corrected chi connectivity index (χ4v) is 3.82. The number of nitriles is 1. The van der Waals surface area contributed by atoms with Crippen LogP contribution in [0.5, 0.6) is 0 Å². The second-order valence-electron chi connectivity index (χ2n) is 6.76. The summed E-state index contributed by atoms with van der Waals surface area (Å²) in [5.74, 6) is -0.436. The van der Waals surface area contributed by atoms with Crippen LogP contribution in [0.1, 0.15) is 24.0 Å². The zero-order chi connectivity index (χ0) is 23.7. The number of amides is 1. The predicted octanol–water partition coefficient (Wildman–Crippen LogP) is 1.87. The molecule has 0 saturated carbocycles. The van der Waals surface area contributed by atoms with Crippen molar-refractivity contribution in [1.29, 1.82) is 5.26 Å². The van der Waals surface area contributed by atoms with E-state index in [0.29, 0.717) is 22.7 Å². The lowest BCUT2D eigenvalue weighted by atomic mass is 10.1. The molecule has 32 heavy (non-hydrogen) atoms. The van der Waals surface area contributed by atoms with Crippen molar-refractivity contribution in [2.24, 2.45) is 0 Å². The van der Waals surface area contributed by atoms with Crippen molar-refractivity contribution in [3.05, 3.63) is 35.4 Å². The summed E-state index contributed by atoms with van der Waals surface area (Å²) in [4.78, 5) is 21.1. The number of benzene rings is 1. The van der Waals surface area contributed by atoms with Crippen LogP contribution in [0.15, 0.2) is 29.3 Å². The van der Waals surface area contributed by atoms with Gasteiger partial charge >= 0.3 is 0 Å². The maximum atomic E-state index is 13.0. The van der Waals surface area contributed by atoms with Gasteiger partial charge in [0.25, 0.3) is 0 Å². The first-order valence-corrected chi connectivity index (χ1v) is 12.6. The van der Waals surface area contributed by atoms with Gasteiger partial charge in [-0.15, -0.1) is 11.8 Å². The van der Waals surface area contributed by atoms with Crippen molar-refractivity contribution < 1.29 is 17.6 Å². The first-order chi connectivity index (χ1) is 15.2. The fourth-order valence-electron chi connectivity index (χ4n) is 2.77. The Hall–Kier alpha value is -2.95. The van der Waals surface area contributed by atoms with E-state index < -0.39 is 28.6 Å². The maximum absolute atomic E-state index is 13.0. The number of alkyl halides is 1. The highest BCUT2D eigenvalue weighted by Gasteiger charge is 2.22. The summed E-state index contributed by atoms with van der Waals surface area (Å²) < 4.78 is 37.9. The molecule has 10 nitrogen and oxygen atoms in total. The minimum absolute atomic E-state index is 0.0654. The Labute approximate surface area is 190 Å². The van der Waals surface area contributed by atoms with Crippen LogP contribution in [0.4, 0.5) is 21.8 Å². The van der Waals surface area contributed by atoms with Crippen LogP contribution in [0.2, 0.25) is 0 Å². The lowest BCUT2D eigenvalue weighted by Crippen LogP contribution is -2.36. The molecule has 172 valence electrons. The van der Waals surface area contributed by atoms with Crippen LogP contribution in [0, 0.1) is 11.3 Å². The second-order valence-corrected chi connectivity index (χ2v) is 9.38. The number of rotatable bonds is 11. The molecule has 1 heterocycles. The molecule has 2 rings (SSSR count). The van der Waals surface area contributed by atoms with Crippen molar-refractivity contribution in [1.82, 2.24) is 14.7 Å². The van der Waals surface area contributed by atoms with Gasteiger partial charge in [-0.2, -0.15) is 10.2 Å². The van der Waals surface area contributed by atoms with E-state index >= 15 is 0 Å². The Morgan fingerprint density at radius 3 is 2.75 bits per heavy atom. The molecular weight excluding hydrogens is 457 g/mol. The summed E-state index contributed by atoms with van der Waals surface area (Å²) >= 11 is 1.21. The number of sulfonamides is 1. The molecule has 0 aliphatic heterocycles. The van der Waals surface area contributed by atoms with E-state index in [4.69, 9.17) is 5.73 Å². The number of nitrogens with two attached hydrogens (primary N) is 1. The van der Waals surface area contributed by atoms with Crippen molar-refractivity contribution >= 4 is 45.1 Å². The number of nitrogen functional groups attached to an aromatic ring is 1. The number of thioether (sulfide) groups is 1. The number of anilines is 3. The van der Waals surface area contributed by atoms with Crippen molar-refractivity contribution in [3.8, 4) is 6.07 Å². The monoisotopic (exact) mass is 481 g/mol. The van der Waals surface area contributed by atoms with Crippen LogP contribution < -0.4 is 21.1 Å². The molecule has 2 aromatic rings. The first-order valence-electron chi connectivity index (χ1n) is 9.45. The number of aromatic nitrogens is 2. The highest BCUT2D eigenvalue weighted by molar-refractivity contribution is 7.98. The van der Waals surface area contributed by atoms with E-state index in [1.54, 1.807) is 24.5 Å². The smallest absolute Gasteiger partial charge is 0.246 e. The summed E-state index contributed by atoms with van der Waals surface area (Å²) in [6.07, 6.45) is 3.30. The van der Waals surface area contributed by atoms with Crippen LogP contribution in [-0.4, -0.2) is 49.4 Å². The largest absolute Gasteiger partial charge is 0.368 e. The highest BCUT2D eigenvalue weighted by Crippen LogP contribution is 2.25. The molecule has 1 aromatic heterocycles. The lowest BCUT2D eigenvalue weighted by Gasteiger charge is -2.20. The summed E-state index contributed by atoms with van der Waals surface area (Å²) in [6, 6.07) is 7.46. The van der Waals surface area contributed by atoms with Gasteiger partial charge in [0, 0.05) is 12.2 Å². The van der Waals surface area contributed by atoms with Crippen LogP contribution in [-0.2, 0) is 21.5 Å². The number of halogens is 1. The summed E-state index contributed by atoms with van der Waals surface area (Å²) in [7, 11) is -3.37. The minimum Gasteiger partial charge on any atom is -0.368 e. The molecule has 0 spiro atoms. The summed E-state index contributed by atoms with van der Waals surface area (Å²) in [5.41, 5.74) is 6.68. The Bertz CT molecular complexity index is 1110. The Morgan fingerprint density at radius 2 is 2.12 bits per heavy atom. The zero-order valence-electron chi connectivity index (χ0n) is 17.6. The van der Waals surface area contributed by atoms with Crippen LogP contribution >= 0.6 is 11.8 Å². The van der Waals surface area contributed by atoms with Crippen LogP contribution in [0.3, 0.4) is 0 Å². The molecule has 0 fully saturated rings. The van der Waals surface area contributed by atoms with Crippen molar-refractivity contribution in [2.45, 2.75) is 30.6 Å². The average Bonchev–Trinajstić information content (AvgIpc) is 2.74. The van der Waals surface area contributed by atoms with Gasteiger partial charge in [-0.1, -0.05) is 12.1 Å². The van der Waals surface area contributed by atoms with Crippen molar-refractivity contribution in [2.75, 3.05) is 35.4 Å². The molecule has 0 unspecified atom stereocenters. The Kier molecular flexibility index (Phi) is 9.18. The average molecular weight is 482 g/mol. The predicted molar refractivity (Wildman–Crippen MR) is 122 cm³/mol. The second kappa shape index (κ2) is 11.6. The summed E-state index contributed by atoms with van der Waals surface area (Å²) in [6.45, 7) is -0.555. The highest BCUT2D eigenvalue weighted by atomic mass is 32.2. The third-order valence-corrected chi connectivity index (χ3v) is 5.62. The fraction of sp³-hybridized carbons (Fsp3) is 0.368. The summed E-state index contributed by atoms with van der Waals surface area (Å²) in [5, 5.41) is 15.5. The minimum atomic E-state index is -3.37. The molecular formula is C19H24FN7O3S2. The SMILES string of the molecule is CSc1nc(N)nc(N[C@@H](CCCNS(C)(=O)=O)C(=O)Nc2cccc(CF)c2)c1C#N. The topological polar surface area (TPSA) is 163 Å². The van der Waals surface area contributed by atoms with Gasteiger partial charge in [0.15, 0.2) is 5.82 Å². The molecule has 13 heteroatoms. The van der Waals surface area contributed by atoms with E-state index in [9.17, 15) is 22.9 Å². The van der Waals surface area contributed by atoms with Gasteiger partial charge in [-0.05, 0) is 36.8 Å². The molecule has 0 aliphatic carbocycles. The van der Waals surface area contributed by atoms with Gasteiger partial charge in [0.1, 0.15) is 29.4 Å². The lowest BCUT2D eigenvalue weighted by molar-refractivity contribution is -0.117. The zero-order valence-corrected chi connectivity index (χ0v) is 19.2. The number of hydrogen-bond acceptors (Lipinski definition) is 9. The number of hydrogen-bond donors (Lipinski definition) is 4. The Balaban J connectivity index is 2.26. The first kappa shape index (κ1) is 25.3. The van der Waals surface area contributed by atoms with Gasteiger partial charge in [-0.3, -0.25) is 4.79 Å². The van der Waals surface area contributed by atoms with Gasteiger partial charge < -0.3 is 16.4 Å². The third kappa shape index (κ3) is 7.63. The molecule has 5 N–H and O–H groups in total. The van der Waals surface area contributed by atoms with E-state index in [-0.39, 0.29) is 30.3 Å². The Morgan fingerprint density at radius 1 is 1.38 bits per heavy atom. The number of nitrogens with one attached hydrogen (secondary N) is 3. The normalized spacial score (nSPS) is 12.1. The molecule has 1 atom stereocenters. The van der Waals surface area contributed by atoms with Crippen molar-refractivity contribution in [3.63, 3.8) is 0 Å². The van der Waals surface area contributed by atoms with Gasteiger partial charge in [0.05, 0.1) is 6.26 Å². The number of nitrogens with zero attached hydrogens (tertiary/aromatic N) is 3. The van der Waals surface area contributed by atoms with Gasteiger partial charge in [0.2, 0.25) is 21.9 Å². The molecule has 1 aromatic carbocycles. The third-order valence-electron chi connectivity index (χ3n) is 4.21. The number of carbonyl (C=O) groups excluding carboxylic acids is 1. The number of carbonyl (C=O) groups is 1. The van der Waals surface area contributed by atoms with E-state index in [0.717, 1.165) is 6.26 Å². The van der Waals surface area contributed by atoms with Crippen LogP contribution in [0.25, 0.3) is 0 Å². The standard InChI is InChI=1S/C19H24FN7O3S2/c1-31-18-14(11-21)16(26-19(22)27-18)25-15(7-4-8-23-32(2,29)30)17(28)24-13-6-3-5-12(9-13)10-20/h3,5-6,9,15,23H,4,7-8,10H2,1-2H3,(H,24,28)(H3,22,25,26,27)/t15-/m0/s1. The van der Waals surface area contributed by atoms with E-state index in [2.05, 4.69) is 25.3 Å². The van der Waals surface area contributed by atoms with E-state index in [1.165, 1.54) is 17.8 Å². The van der Waals surface area contributed by atoms with Gasteiger partial charge in [-0.25, -0.2) is 22.5 Å². The molecule has 0 saturated heterocycles.